The number of aromatic nitrogens is 3. The first kappa shape index (κ1) is 27.7. The molecule has 1 aliphatic rings. The van der Waals surface area contributed by atoms with E-state index in [4.69, 9.17) is 0 Å². The average Bonchev–Trinajstić information content (AvgIpc) is 3.35. The second-order valence-corrected chi connectivity index (χ2v) is 7.48. The molecule has 0 saturated heterocycles. The first-order valence-electron chi connectivity index (χ1n) is 10.4. The number of hydrogen-bond acceptors (Lipinski definition) is 7. The van der Waals surface area contributed by atoms with Crippen molar-refractivity contribution in [2.45, 2.75) is 0 Å². The van der Waals surface area contributed by atoms with Gasteiger partial charge < -0.3 is 24.8 Å². The van der Waals surface area contributed by atoms with E-state index in [2.05, 4.69) is 32.2 Å². The van der Waals surface area contributed by atoms with Gasteiger partial charge in [0, 0.05) is 31.7 Å². The fourth-order valence-electron chi connectivity index (χ4n) is 3.05. The van der Waals surface area contributed by atoms with Crippen LogP contribution >= 0.6 is 0 Å². The fourth-order valence-corrected chi connectivity index (χ4v) is 3.05. The van der Waals surface area contributed by atoms with E-state index in [1.807, 2.05) is 49.3 Å². The summed E-state index contributed by atoms with van der Waals surface area (Å²) >= 11 is 0. The topological polar surface area (TPSA) is 60.8 Å². The SMILES string of the molecule is CN(C)c1ccnc(-c2[c-]cc(F)nc2F)c1.Fc1c[c-]c(N2[CH-]N(c3ccccc3)C=N2)c(F)n1.[Ir+3]. The second kappa shape index (κ2) is 12.4. The molecule has 0 unspecified atom stereocenters. The Morgan fingerprint density at radius 1 is 0.892 bits per heavy atom. The maximum atomic E-state index is 13.5. The van der Waals surface area contributed by atoms with Crippen LogP contribution in [0.2, 0.25) is 0 Å². The summed E-state index contributed by atoms with van der Waals surface area (Å²) < 4.78 is 52.3. The smallest absolute Gasteiger partial charge is 0.463 e. The average molecular weight is 685 g/mol. The molecule has 7 nitrogen and oxygen atoms in total. The normalized spacial score (nSPS) is 12.1. The largest absolute Gasteiger partial charge is 3.00 e. The van der Waals surface area contributed by atoms with E-state index in [1.54, 1.807) is 29.9 Å². The molecule has 0 N–H and O–H groups in total. The number of halogens is 4. The molecule has 4 heterocycles. The summed E-state index contributed by atoms with van der Waals surface area (Å²) in [6.07, 6.45) is 3.08. The van der Waals surface area contributed by atoms with Gasteiger partial charge in [0.05, 0.1) is 12.3 Å². The summed E-state index contributed by atoms with van der Waals surface area (Å²) in [7, 11) is 3.73. The van der Waals surface area contributed by atoms with E-state index in [1.165, 1.54) is 11.3 Å². The van der Waals surface area contributed by atoms with Crippen molar-refractivity contribution >= 4 is 23.4 Å². The molecule has 0 spiro atoms. The Hall–Kier alpha value is -3.89. The molecular formula is C25H18F4IrN7. The number of hydrazone groups is 1. The molecule has 3 aromatic heterocycles. The van der Waals surface area contributed by atoms with Crippen molar-refractivity contribution in [1.82, 2.24) is 15.0 Å². The van der Waals surface area contributed by atoms with E-state index >= 15 is 0 Å². The summed E-state index contributed by atoms with van der Waals surface area (Å²) in [4.78, 5) is 13.8. The van der Waals surface area contributed by atoms with Crippen LogP contribution in [-0.2, 0) is 20.1 Å². The van der Waals surface area contributed by atoms with E-state index in [9.17, 15) is 17.6 Å². The molecule has 0 amide bonds. The number of rotatable bonds is 4. The minimum absolute atomic E-state index is 0. The summed E-state index contributed by atoms with van der Waals surface area (Å²) in [5, 5.41) is 5.24. The third-order valence-electron chi connectivity index (χ3n) is 4.81. The maximum absolute atomic E-state index is 13.5. The Balaban J connectivity index is 0.000000201. The molecule has 1 aromatic carbocycles. The Labute approximate surface area is 224 Å². The van der Waals surface area contributed by atoms with Crippen LogP contribution in [0.3, 0.4) is 0 Å². The van der Waals surface area contributed by atoms with Gasteiger partial charge in [-0.1, -0.05) is 35.9 Å². The molecule has 37 heavy (non-hydrogen) atoms. The van der Waals surface area contributed by atoms with Gasteiger partial charge in [-0.05, 0) is 29.6 Å². The Bertz CT molecular complexity index is 1370. The van der Waals surface area contributed by atoms with Crippen molar-refractivity contribution in [2.75, 3.05) is 28.9 Å². The number of para-hydroxylation sites is 1. The third-order valence-corrected chi connectivity index (χ3v) is 4.81. The maximum Gasteiger partial charge on any atom is 3.00 e. The molecule has 0 atom stereocenters. The number of benzene rings is 1. The van der Waals surface area contributed by atoms with Crippen LogP contribution in [0.25, 0.3) is 11.3 Å². The van der Waals surface area contributed by atoms with Gasteiger partial charge in [-0.25, -0.2) is 8.78 Å². The van der Waals surface area contributed by atoms with Gasteiger partial charge in [0.1, 0.15) is 17.8 Å². The molecule has 0 radical (unpaired) electrons. The van der Waals surface area contributed by atoms with E-state index < -0.39 is 23.8 Å². The third kappa shape index (κ3) is 6.87. The molecule has 0 saturated carbocycles. The van der Waals surface area contributed by atoms with Crippen LogP contribution in [0.15, 0.2) is 65.9 Å². The van der Waals surface area contributed by atoms with Gasteiger partial charge in [-0.3, -0.25) is 13.8 Å². The van der Waals surface area contributed by atoms with Crippen LogP contribution in [-0.4, -0.2) is 35.4 Å². The number of hydrogen-bond donors (Lipinski definition) is 0. The van der Waals surface area contributed by atoms with E-state index in [0.717, 1.165) is 23.5 Å². The zero-order chi connectivity index (χ0) is 25.7. The van der Waals surface area contributed by atoms with E-state index in [-0.39, 0.29) is 31.4 Å². The minimum atomic E-state index is -0.955. The number of pyridine rings is 3. The Morgan fingerprint density at radius 3 is 2.22 bits per heavy atom. The van der Waals surface area contributed by atoms with Gasteiger partial charge in [0.15, 0.2) is 0 Å². The zero-order valence-electron chi connectivity index (χ0n) is 19.4. The first-order valence-corrected chi connectivity index (χ1v) is 10.4. The molecule has 1 aliphatic heterocycles. The van der Waals surface area contributed by atoms with Gasteiger partial charge >= 0.3 is 20.1 Å². The van der Waals surface area contributed by atoms with Gasteiger partial charge in [-0.2, -0.15) is 11.2 Å². The van der Waals surface area contributed by atoms with Crippen molar-refractivity contribution in [3.63, 3.8) is 0 Å². The molecule has 0 bridgehead atoms. The molecule has 0 fully saturated rings. The summed E-state index contributed by atoms with van der Waals surface area (Å²) in [6, 6.07) is 19.8. The van der Waals surface area contributed by atoms with Gasteiger partial charge in [-0.15, -0.1) is 18.8 Å². The minimum Gasteiger partial charge on any atom is -0.463 e. The van der Waals surface area contributed by atoms with Crippen LogP contribution in [0.5, 0.6) is 0 Å². The van der Waals surface area contributed by atoms with Crippen molar-refractivity contribution in [1.29, 1.82) is 0 Å². The number of nitrogens with zero attached hydrogens (tertiary/aromatic N) is 7. The van der Waals surface area contributed by atoms with Gasteiger partial charge in [0.2, 0.25) is 0 Å². The predicted molar refractivity (Wildman–Crippen MR) is 128 cm³/mol. The van der Waals surface area contributed by atoms with E-state index in [0.29, 0.717) is 5.69 Å². The number of anilines is 3. The first-order chi connectivity index (χ1) is 17.3. The van der Waals surface area contributed by atoms with Crippen molar-refractivity contribution in [3.8, 4) is 11.3 Å². The van der Waals surface area contributed by atoms with Crippen molar-refractivity contribution < 1.29 is 37.7 Å². The quantitative estimate of drug-likeness (QED) is 0.175. The van der Waals surface area contributed by atoms with Crippen LogP contribution in [0.4, 0.5) is 34.6 Å². The molecule has 190 valence electrons. The molecule has 4 aromatic rings. The molecule has 12 heteroatoms. The van der Waals surface area contributed by atoms with Crippen molar-refractivity contribution in [2.24, 2.45) is 5.10 Å². The summed E-state index contributed by atoms with van der Waals surface area (Å²) in [5.41, 5.74) is 2.16. The summed E-state index contributed by atoms with van der Waals surface area (Å²) in [6.45, 7) is 1.56. The Morgan fingerprint density at radius 2 is 1.57 bits per heavy atom. The molecule has 0 aliphatic carbocycles. The van der Waals surface area contributed by atoms with Gasteiger partial charge in [0.25, 0.3) is 0 Å². The standard InChI is InChI=1S/C13H8F2N4.C12H10F2N3.Ir/c14-12-7-6-11(13(15)17-12)19-9-18(8-16-19)10-4-2-1-3-5-10;1-17(2)8-5-6-15-10(7-8)9-3-4-11(13)16-12(9)14;/h1-5,7-9H;4-7H,1-2H3;/q-2;-1;+3. The van der Waals surface area contributed by atoms with Crippen LogP contribution in [0.1, 0.15) is 0 Å². The zero-order valence-corrected chi connectivity index (χ0v) is 21.8. The monoisotopic (exact) mass is 685 g/mol. The molecule has 5 rings (SSSR count). The summed E-state index contributed by atoms with van der Waals surface area (Å²) in [5.74, 6) is -3.67. The fraction of sp³-hybridized carbons (Fsp3) is 0.0800. The van der Waals surface area contributed by atoms with Crippen LogP contribution < -0.4 is 14.8 Å². The Kier molecular flexibility index (Phi) is 9.26. The van der Waals surface area contributed by atoms with Crippen molar-refractivity contribution in [3.05, 3.63) is 103 Å². The predicted octanol–water partition coefficient (Wildman–Crippen LogP) is 4.83. The van der Waals surface area contributed by atoms with Crippen LogP contribution in [0, 0.1) is 42.6 Å². The molecular weight excluding hydrogens is 667 g/mol. The second-order valence-electron chi connectivity index (χ2n) is 7.48.